The minimum Gasteiger partial charge on any atom is -0.370 e. The first kappa shape index (κ1) is 11.5. The van der Waals surface area contributed by atoms with Crippen LogP contribution in [-0.2, 0) is 0 Å². The molecule has 2 unspecified atom stereocenters. The summed E-state index contributed by atoms with van der Waals surface area (Å²) in [6, 6.07) is 2.13. The van der Waals surface area contributed by atoms with Gasteiger partial charge in [-0.05, 0) is 46.7 Å². The van der Waals surface area contributed by atoms with E-state index < -0.39 is 0 Å². The molecule has 0 radical (unpaired) electrons. The van der Waals surface area contributed by atoms with Gasteiger partial charge < -0.3 is 4.90 Å². The largest absolute Gasteiger partial charge is 0.370 e. The van der Waals surface area contributed by atoms with Crippen molar-refractivity contribution in [3.8, 4) is 0 Å². The molecule has 2 aliphatic rings. The summed E-state index contributed by atoms with van der Waals surface area (Å²) in [6.07, 6.45) is 11.0. The van der Waals surface area contributed by atoms with Crippen molar-refractivity contribution in [2.24, 2.45) is 11.8 Å². The average molecular weight is 295 g/mol. The molecule has 2 nitrogen and oxygen atoms in total. The third-order valence-electron chi connectivity index (χ3n) is 4.38. The van der Waals surface area contributed by atoms with Crippen LogP contribution in [0.4, 0.5) is 5.69 Å². The topological polar surface area (TPSA) is 16.1 Å². The summed E-state index contributed by atoms with van der Waals surface area (Å²) in [5, 5.41) is 0. The molecule has 1 aromatic rings. The summed E-state index contributed by atoms with van der Waals surface area (Å²) in [5.74, 6) is 1.93. The van der Waals surface area contributed by atoms with Crippen molar-refractivity contribution in [3.63, 3.8) is 0 Å². The normalized spacial score (nSPS) is 28.9. The van der Waals surface area contributed by atoms with Gasteiger partial charge in [0.05, 0.1) is 10.2 Å². The zero-order valence-corrected chi connectivity index (χ0v) is 11.7. The molecule has 0 amide bonds. The Morgan fingerprint density at radius 2 is 2.00 bits per heavy atom. The van der Waals surface area contributed by atoms with E-state index in [0.29, 0.717) is 0 Å². The number of piperidine rings is 1. The number of halogens is 1. The lowest BCUT2D eigenvalue weighted by Gasteiger charge is -2.42. The molecular formula is C14H19BrN2. The Kier molecular flexibility index (Phi) is 3.37. The van der Waals surface area contributed by atoms with Gasteiger partial charge in [-0.15, -0.1) is 0 Å². The summed E-state index contributed by atoms with van der Waals surface area (Å²) in [4.78, 5) is 6.69. The minimum absolute atomic E-state index is 0.928. The number of aromatic nitrogens is 1. The van der Waals surface area contributed by atoms with E-state index in [1.807, 2.05) is 12.4 Å². The molecule has 2 fully saturated rings. The molecule has 1 aliphatic heterocycles. The van der Waals surface area contributed by atoms with Crippen LogP contribution >= 0.6 is 15.9 Å². The SMILES string of the molecule is Brc1cnccc1N1CCC2CCCCC2C1. The summed E-state index contributed by atoms with van der Waals surface area (Å²) < 4.78 is 1.13. The second kappa shape index (κ2) is 4.97. The molecule has 92 valence electrons. The van der Waals surface area contributed by atoms with Crippen molar-refractivity contribution < 1.29 is 0 Å². The molecule has 1 aliphatic carbocycles. The maximum absolute atomic E-state index is 4.15. The first-order valence-electron chi connectivity index (χ1n) is 6.69. The standard InChI is InChI=1S/C14H19BrN2/c15-13-9-16-7-5-14(13)17-8-6-11-3-1-2-4-12(11)10-17/h5,7,9,11-12H,1-4,6,8,10H2. The Balaban J connectivity index is 1.76. The minimum atomic E-state index is 0.928. The lowest BCUT2D eigenvalue weighted by Crippen LogP contribution is -2.41. The zero-order chi connectivity index (χ0) is 11.7. The first-order chi connectivity index (χ1) is 8.34. The maximum Gasteiger partial charge on any atom is 0.0592 e. The van der Waals surface area contributed by atoms with E-state index >= 15 is 0 Å². The first-order valence-corrected chi connectivity index (χ1v) is 7.48. The monoisotopic (exact) mass is 294 g/mol. The van der Waals surface area contributed by atoms with E-state index in [2.05, 4.69) is 31.9 Å². The average Bonchev–Trinajstić information content (AvgIpc) is 2.39. The quantitative estimate of drug-likeness (QED) is 0.782. The Labute approximate surface area is 112 Å². The van der Waals surface area contributed by atoms with Gasteiger partial charge in [-0.2, -0.15) is 0 Å². The smallest absolute Gasteiger partial charge is 0.0592 e. The van der Waals surface area contributed by atoms with Crippen LogP contribution < -0.4 is 4.90 Å². The van der Waals surface area contributed by atoms with Crippen LogP contribution in [0.15, 0.2) is 22.9 Å². The second-order valence-electron chi connectivity index (χ2n) is 5.37. The number of anilines is 1. The highest BCUT2D eigenvalue weighted by Crippen LogP contribution is 2.38. The van der Waals surface area contributed by atoms with Crippen LogP contribution in [0.5, 0.6) is 0 Å². The van der Waals surface area contributed by atoms with Gasteiger partial charge in [-0.3, -0.25) is 4.98 Å². The molecule has 1 saturated carbocycles. The second-order valence-corrected chi connectivity index (χ2v) is 6.22. The molecule has 0 aromatic carbocycles. The van der Waals surface area contributed by atoms with Crippen molar-refractivity contribution in [2.75, 3.05) is 18.0 Å². The Hall–Kier alpha value is -0.570. The van der Waals surface area contributed by atoms with Crippen LogP contribution in [0.1, 0.15) is 32.1 Å². The predicted molar refractivity (Wildman–Crippen MR) is 74.2 cm³/mol. The number of hydrogen-bond acceptors (Lipinski definition) is 2. The highest BCUT2D eigenvalue weighted by Gasteiger charge is 2.31. The van der Waals surface area contributed by atoms with Gasteiger partial charge in [-0.25, -0.2) is 0 Å². The van der Waals surface area contributed by atoms with Crippen molar-refractivity contribution in [1.82, 2.24) is 4.98 Å². The summed E-state index contributed by atoms with van der Waals surface area (Å²) in [6.45, 7) is 2.46. The third-order valence-corrected chi connectivity index (χ3v) is 4.99. The van der Waals surface area contributed by atoms with E-state index in [0.717, 1.165) is 16.3 Å². The molecule has 1 aromatic heterocycles. The molecule has 3 heteroatoms. The zero-order valence-electron chi connectivity index (χ0n) is 10.1. The van der Waals surface area contributed by atoms with Gasteiger partial charge in [0.2, 0.25) is 0 Å². The number of fused-ring (bicyclic) bond motifs is 1. The van der Waals surface area contributed by atoms with Crippen LogP contribution in [0.2, 0.25) is 0 Å². The molecule has 0 bridgehead atoms. The number of pyridine rings is 1. The molecule has 1 saturated heterocycles. The Morgan fingerprint density at radius 1 is 1.18 bits per heavy atom. The summed E-state index contributed by atoms with van der Waals surface area (Å²) in [7, 11) is 0. The van der Waals surface area contributed by atoms with Gasteiger partial charge >= 0.3 is 0 Å². The molecule has 17 heavy (non-hydrogen) atoms. The fourth-order valence-electron chi connectivity index (χ4n) is 3.44. The third kappa shape index (κ3) is 2.35. The highest BCUT2D eigenvalue weighted by atomic mass is 79.9. The number of rotatable bonds is 1. The van der Waals surface area contributed by atoms with Gasteiger partial charge in [0.1, 0.15) is 0 Å². The van der Waals surface area contributed by atoms with Crippen molar-refractivity contribution >= 4 is 21.6 Å². The molecule has 0 spiro atoms. The van der Waals surface area contributed by atoms with Crippen molar-refractivity contribution in [2.45, 2.75) is 32.1 Å². The Morgan fingerprint density at radius 3 is 2.82 bits per heavy atom. The molecule has 2 atom stereocenters. The van der Waals surface area contributed by atoms with Gasteiger partial charge in [0, 0.05) is 25.5 Å². The van der Waals surface area contributed by atoms with E-state index in [1.54, 1.807) is 0 Å². The van der Waals surface area contributed by atoms with Crippen LogP contribution in [-0.4, -0.2) is 18.1 Å². The molecule has 3 rings (SSSR count). The highest BCUT2D eigenvalue weighted by molar-refractivity contribution is 9.10. The van der Waals surface area contributed by atoms with E-state index in [-0.39, 0.29) is 0 Å². The van der Waals surface area contributed by atoms with Crippen LogP contribution in [0, 0.1) is 11.8 Å². The molecular weight excluding hydrogens is 276 g/mol. The lowest BCUT2D eigenvalue weighted by molar-refractivity contribution is 0.202. The Bertz CT molecular complexity index is 394. The molecule has 2 heterocycles. The maximum atomic E-state index is 4.15. The van der Waals surface area contributed by atoms with Crippen molar-refractivity contribution in [1.29, 1.82) is 0 Å². The summed E-state index contributed by atoms with van der Waals surface area (Å²) >= 11 is 3.62. The number of nitrogens with zero attached hydrogens (tertiary/aromatic N) is 2. The summed E-state index contributed by atoms with van der Waals surface area (Å²) in [5.41, 5.74) is 1.32. The van der Waals surface area contributed by atoms with Gasteiger partial charge in [0.25, 0.3) is 0 Å². The van der Waals surface area contributed by atoms with E-state index in [1.165, 1.54) is 50.9 Å². The van der Waals surface area contributed by atoms with Crippen molar-refractivity contribution in [3.05, 3.63) is 22.9 Å². The van der Waals surface area contributed by atoms with E-state index in [9.17, 15) is 0 Å². The predicted octanol–water partition coefficient (Wildman–Crippen LogP) is 3.86. The van der Waals surface area contributed by atoms with Crippen LogP contribution in [0.3, 0.4) is 0 Å². The van der Waals surface area contributed by atoms with E-state index in [4.69, 9.17) is 0 Å². The van der Waals surface area contributed by atoms with Gasteiger partial charge in [-0.1, -0.05) is 19.3 Å². The lowest BCUT2D eigenvalue weighted by atomic mass is 9.75. The molecule has 0 N–H and O–H groups in total. The fraction of sp³-hybridized carbons (Fsp3) is 0.643. The van der Waals surface area contributed by atoms with Gasteiger partial charge in [0.15, 0.2) is 0 Å². The fourth-order valence-corrected chi connectivity index (χ4v) is 3.95. The van der Waals surface area contributed by atoms with Crippen LogP contribution in [0.25, 0.3) is 0 Å². The number of hydrogen-bond donors (Lipinski definition) is 0.